The maximum Gasteiger partial charge on any atom is 0.274 e. The predicted octanol–water partition coefficient (Wildman–Crippen LogP) is 2.14. The molecule has 3 aromatic heterocycles. The number of aromatic nitrogens is 5. The third-order valence-electron chi connectivity index (χ3n) is 5.00. The van der Waals surface area contributed by atoms with E-state index in [9.17, 15) is 4.79 Å². The van der Waals surface area contributed by atoms with Crippen molar-refractivity contribution in [3.05, 3.63) is 60.4 Å². The Kier molecular flexibility index (Phi) is 5.01. The maximum atomic E-state index is 12.8. The van der Waals surface area contributed by atoms with E-state index < -0.39 is 0 Å². The van der Waals surface area contributed by atoms with Crippen molar-refractivity contribution in [2.75, 3.05) is 32.1 Å². The SMILES string of the molecule is CN(C)c1nccc(C2CCN(C(=O)c3ccn(-c4ccncc4)n3)CC2)n1. The maximum absolute atomic E-state index is 12.8. The van der Waals surface area contributed by atoms with Crippen LogP contribution in [0.15, 0.2) is 49.1 Å². The Balaban J connectivity index is 1.41. The topological polar surface area (TPSA) is 80.0 Å². The molecule has 8 heteroatoms. The summed E-state index contributed by atoms with van der Waals surface area (Å²) < 4.78 is 1.70. The molecule has 3 aromatic rings. The summed E-state index contributed by atoms with van der Waals surface area (Å²) in [6.07, 6.45) is 8.80. The number of nitrogens with zero attached hydrogens (tertiary/aromatic N) is 7. The van der Waals surface area contributed by atoms with E-state index in [1.165, 1.54) is 0 Å². The van der Waals surface area contributed by atoms with Crippen LogP contribution in [0.1, 0.15) is 34.9 Å². The molecule has 144 valence electrons. The van der Waals surface area contributed by atoms with Gasteiger partial charge in [0, 0.05) is 63.6 Å². The molecule has 4 rings (SSSR count). The highest BCUT2D eigenvalue weighted by Gasteiger charge is 2.26. The predicted molar refractivity (Wildman–Crippen MR) is 106 cm³/mol. The summed E-state index contributed by atoms with van der Waals surface area (Å²) >= 11 is 0. The van der Waals surface area contributed by atoms with Crippen molar-refractivity contribution in [3.63, 3.8) is 0 Å². The average Bonchev–Trinajstić information content (AvgIpc) is 3.24. The third-order valence-corrected chi connectivity index (χ3v) is 5.00. The summed E-state index contributed by atoms with van der Waals surface area (Å²) in [5.41, 5.74) is 2.40. The Morgan fingerprint density at radius 1 is 1.07 bits per heavy atom. The molecule has 1 aliphatic rings. The number of carbonyl (C=O) groups is 1. The molecule has 0 bridgehead atoms. The monoisotopic (exact) mass is 377 g/mol. The van der Waals surface area contributed by atoms with Gasteiger partial charge in [0.2, 0.25) is 5.95 Å². The minimum Gasteiger partial charge on any atom is -0.347 e. The van der Waals surface area contributed by atoms with E-state index in [1.807, 2.05) is 42.1 Å². The summed E-state index contributed by atoms with van der Waals surface area (Å²) in [7, 11) is 3.87. The Morgan fingerprint density at radius 2 is 1.82 bits per heavy atom. The molecular weight excluding hydrogens is 354 g/mol. The number of rotatable bonds is 4. The summed E-state index contributed by atoms with van der Waals surface area (Å²) in [5.74, 6) is 1.04. The van der Waals surface area contributed by atoms with Crippen LogP contribution in [0.5, 0.6) is 0 Å². The average molecular weight is 377 g/mol. The van der Waals surface area contributed by atoms with Gasteiger partial charge in [0.05, 0.1) is 5.69 Å². The van der Waals surface area contributed by atoms with Crippen LogP contribution >= 0.6 is 0 Å². The lowest BCUT2D eigenvalue weighted by atomic mass is 9.93. The number of carbonyl (C=O) groups excluding carboxylic acids is 1. The van der Waals surface area contributed by atoms with E-state index in [0.29, 0.717) is 24.7 Å². The standard InChI is InChI=1S/C20H23N7O/c1-25(2)20-22-11-5-17(23-20)15-6-12-26(13-7-15)19(28)18-8-14-27(24-18)16-3-9-21-10-4-16/h3-5,8-11,14-15H,6-7,12-13H2,1-2H3. The molecule has 4 heterocycles. The van der Waals surface area contributed by atoms with E-state index >= 15 is 0 Å². The minimum atomic E-state index is -0.0251. The molecular formula is C20H23N7O. The van der Waals surface area contributed by atoms with Crippen LogP contribution in [-0.2, 0) is 0 Å². The molecule has 0 atom stereocenters. The first-order valence-electron chi connectivity index (χ1n) is 9.37. The fourth-order valence-electron chi connectivity index (χ4n) is 3.42. The number of hydrogen-bond donors (Lipinski definition) is 0. The Morgan fingerprint density at radius 3 is 2.54 bits per heavy atom. The second-order valence-corrected chi connectivity index (χ2v) is 7.09. The van der Waals surface area contributed by atoms with Gasteiger partial charge in [-0.05, 0) is 37.1 Å². The number of amides is 1. The molecule has 28 heavy (non-hydrogen) atoms. The fourth-order valence-corrected chi connectivity index (χ4v) is 3.42. The second kappa shape index (κ2) is 7.75. The lowest BCUT2D eigenvalue weighted by Gasteiger charge is -2.31. The number of likely N-dealkylation sites (tertiary alicyclic amines) is 1. The largest absolute Gasteiger partial charge is 0.347 e. The molecule has 0 saturated carbocycles. The van der Waals surface area contributed by atoms with E-state index in [2.05, 4.69) is 20.1 Å². The highest BCUT2D eigenvalue weighted by atomic mass is 16.2. The van der Waals surface area contributed by atoms with Gasteiger partial charge in [-0.2, -0.15) is 5.10 Å². The van der Waals surface area contributed by atoms with Crippen molar-refractivity contribution in [2.45, 2.75) is 18.8 Å². The fraction of sp³-hybridized carbons (Fsp3) is 0.350. The normalized spacial score (nSPS) is 14.9. The van der Waals surface area contributed by atoms with Crippen molar-refractivity contribution >= 4 is 11.9 Å². The molecule has 1 fully saturated rings. The van der Waals surface area contributed by atoms with Crippen LogP contribution in [0, 0.1) is 0 Å². The van der Waals surface area contributed by atoms with Crippen LogP contribution in [-0.4, -0.2) is 62.7 Å². The molecule has 1 aliphatic heterocycles. The van der Waals surface area contributed by atoms with Crippen molar-refractivity contribution in [1.82, 2.24) is 29.6 Å². The molecule has 1 saturated heterocycles. The highest BCUT2D eigenvalue weighted by Crippen LogP contribution is 2.28. The lowest BCUT2D eigenvalue weighted by Crippen LogP contribution is -2.38. The Labute approximate surface area is 163 Å². The number of pyridine rings is 1. The third kappa shape index (κ3) is 3.71. The van der Waals surface area contributed by atoms with Crippen LogP contribution < -0.4 is 4.90 Å². The van der Waals surface area contributed by atoms with Crippen LogP contribution in [0.25, 0.3) is 5.69 Å². The van der Waals surface area contributed by atoms with E-state index in [1.54, 1.807) is 35.5 Å². The molecule has 0 unspecified atom stereocenters. The number of hydrogen-bond acceptors (Lipinski definition) is 6. The molecule has 0 N–H and O–H groups in total. The van der Waals surface area contributed by atoms with Crippen molar-refractivity contribution in [2.24, 2.45) is 0 Å². The second-order valence-electron chi connectivity index (χ2n) is 7.09. The zero-order chi connectivity index (χ0) is 19.5. The highest BCUT2D eigenvalue weighted by molar-refractivity contribution is 5.92. The van der Waals surface area contributed by atoms with Gasteiger partial charge in [-0.15, -0.1) is 0 Å². The van der Waals surface area contributed by atoms with Crippen LogP contribution in [0.3, 0.4) is 0 Å². The summed E-state index contributed by atoms with van der Waals surface area (Å²) in [6.45, 7) is 1.40. The van der Waals surface area contributed by atoms with E-state index in [4.69, 9.17) is 0 Å². The summed E-state index contributed by atoms with van der Waals surface area (Å²) in [5, 5.41) is 4.44. The first-order chi connectivity index (χ1) is 13.6. The quantitative estimate of drug-likeness (QED) is 0.693. The first-order valence-corrected chi connectivity index (χ1v) is 9.37. The molecule has 0 aromatic carbocycles. The van der Waals surface area contributed by atoms with Gasteiger partial charge >= 0.3 is 0 Å². The smallest absolute Gasteiger partial charge is 0.274 e. The van der Waals surface area contributed by atoms with Gasteiger partial charge in [-0.1, -0.05) is 0 Å². The Bertz CT molecular complexity index is 946. The van der Waals surface area contributed by atoms with Gasteiger partial charge in [0.25, 0.3) is 5.91 Å². The first kappa shape index (κ1) is 18.1. The van der Waals surface area contributed by atoms with Gasteiger partial charge < -0.3 is 9.80 Å². The molecule has 0 aliphatic carbocycles. The number of anilines is 1. The van der Waals surface area contributed by atoms with Crippen LogP contribution in [0.2, 0.25) is 0 Å². The molecule has 0 radical (unpaired) electrons. The van der Waals surface area contributed by atoms with Gasteiger partial charge in [0.1, 0.15) is 0 Å². The van der Waals surface area contributed by atoms with Crippen molar-refractivity contribution in [1.29, 1.82) is 0 Å². The summed E-state index contributed by atoms with van der Waals surface area (Å²) in [6, 6.07) is 7.46. The zero-order valence-corrected chi connectivity index (χ0v) is 16.1. The minimum absolute atomic E-state index is 0.0251. The Hall–Kier alpha value is -3.29. The van der Waals surface area contributed by atoms with Gasteiger partial charge in [-0.25, -0.2) is 14.6 Å². The zero-order valence-electron chi connectivity index (χ0n) is 16.1. The number of piperidine rings is 1. The van der Waals surface area contributed by atoms with Gasteiger partial charge in [0.15, 0.2) is 5.69 Å². The lowest BCUT2D eigenvalue weighted by molar-refractivity contribution is 0.0705. The molecule has 1 amide bonds. The van der Waals surface area contributed by atoms with Gasteiger partial charge in [-0.3, -0.25) is 9.78 Å². The molecule has 0 spiro atoms. The van der Waals surface area contributed by atoms with Crippen molar-refractivity contribution in [3.8, 4) is 5.69 Å². The molecule has 8 nitrogen and oxygen atoms in total. The van der Waals surface area contributed by atoms with E-state index in [0.717, 1.165) is 30.2 Å². The summed E-state index contributed by atoms with van der Waals surface area (Å²) in [4.78, 5) is 29.6. The van der Waals surface area contributed by atoms with E-state index in [-0.39, 0.29) is 5.91 Å². The van der Waals surface area contributed by atoms with Crippen LogP contribution in [0.4, 0.5) is 5.95 Å². The van der Waals surface area contributed by atoms with Crippen molar-refractivity contribution < 1.29 is 4.79 Å².